The Bertz CT molecular complexity index is 350. The molecule has 0 unspecified atom stereocenters. The minimum atomic E-state index is -0.158. The van der Waals surface area contributed by atoms with E-state index in [1.54, 1.807) is 12.3 Å². The van der Waals surface area contributed by atoms with Crippen molar-refractivity contribution in [1.82, 2.24) is 4.57 Å². The third-order valence-corrected chi connectivity index (χ3v) is 1.66. The predicted octanol–water partition coefficient (Wildman–Crippen LogP) is 1.13. The molecule has 0 fully saturated rings. The fourth-order valence-corrected chi connectivity index (χ4v) is 1.08. The largest absolute Gasteiger partial charge is 0.301 e. The van der Waals surface area contributed by atoms with Crippen LogP contribution in [0.2, 0.25) is 0 Å². The van der Waals surface area contributed by atoms with Gasteiger partial charge < -0.3 is 4.57 Å². The van der Waals surface area contributed by atoms with Gasteiger partial charge in [0.1, 0.15) is 6.54 Å². The standard InChI is InChI=1S/C7H5BrN2O/c8-6-1-2-7(11)10(5-6)4-3-9/h1-2,5H,4H2. The van der Waals surface area contributed by atoms with Gasteiger partial charge in [-0.05, 0) is 22.0 Å². The van der Waals surface area contributed by atoms with Crippen molar-refractivity contribution in [2.75, 3.05) is 0 Å². The topological polar surface area (TPSA) is 45.8 Å². The summed E-state index contributed by atoms with van der Waals surface area (Å²) in [4.78, 5) is 11.0. The maximum absolute atomic E-state index is 11.0. The van der Waals surface area contributed by atoms with Crippen molar-refractivity contribution in [1.29, 1.82) is 5.26 Å². The lowest BCUT2D eigenvalue weighted by atomic mass is 10.5. The van der Waals surface area contributed by atoms with E-state index < -0.39 is 0 Å². The number of hydrogen-bond acceptors (Lipinski definition) is 2. The first kappa shape index (κ1) is 8.02. The zero-order chi connectivity index (χ0) is 8.27. The molecule has 0 spiro atoms. The molecule has 56 valence electrons. The van der Waals surface area contributed by atoms with Gasteiger partial charge in [-0.1, -0.05) is 0 Å². The first-order valence-electron chi connectivity index (χ1n) is 2.97. The lowest BCUT2D eigenvalue weighted by molar-refractivity contribution is 0.785. The fourth-order valence-electron chi connectivity index (χ4n) is 0.702. The van der Waals surface area contributed by atoms with Crippen LogP contribution in [0.25, 0.3) is 0 Å². The molecule has 4 heteroatoms. The van der Waals surface area contributed by atoms with E-state index in [2.05, 4.69) is 15.9 Å². The summed E-state index contributed by atoms with van der Waals surface area (Å²) >= 11 is 3.20. The smallest absolute Gasteiger partial charge is 0.251 e. The summed E-state index contributed by atoms with van der Waals surface area (Å²) in [6.45, 7) is 0.0955. The summed E-state index contributed by atoms with van der Waals surface area (Å²) < 4.78 is 2.14. The van der Waals surface area contributed by atoms with E-state index in [1.165, 1.54) is 10.6 Å². The van der Waals surface area contributed by atoms with E-state index in [1.807, 2.05) is 6.07 Å². The van der Waals surface area contributed by atoms with Crippen LogP contribution in [0.15, 0.2) is 27.6 Å². The number of pyridine rings is 1. The predicted molar refractivity (Wildman–Crippen MR) is 44.0 cm³/mol. The summed E-state index contributed by atoms with van der Waals surface area (Å²) in [7, 11) is 0. The van der Waals surface area contributed by atoms with Crippen LogP contribution in [0, 0.1) is 11.3 Å². The van der Waals surface area contributed by atoms with E-state index in [0.29, 0.717) is 0 Å². The highest BCUT2D eigenvalue weighted by Crippen LogP contribution is 2.04. The van der Waals surface area contributed by atoms with Crippen LogP contribution in [-0.4, -0.2) is 4.57 Å². The van der Waals surface area contributed by atoms with Gasteiger partial charge in [0.25, 0.3) is 5.56 Å². The second kappa shape index (κ2) is 3.35. The molecular formula is C7H5BrN2O. The molecule has 11 heavy (non-hydrogen) atoms. The van der Waals surface area contributed by atoms with Gasteiger partial charge in [0.2, 0.25) is 0 Å². The van der Waals surface area contributed by atoms with E-state index in [9.17, 15) is 4.79 Å². The summed E-state index contributed by atoms with van der Waals surface area (Å²) in [5.74, 6) is 0. The molecular weight excluding hydrogens is 208 g/mol. The Balaban J connectivity index is 3.15. The first-order chi connectivity index (χ1) is 5.24. The van der Waals surface area contributed by atoms with Gasteiger partial charge in [0, 0.05) is 16.7 Å². The van der Waals surface area contributed by atoms with Gasteiger partial charge in [0.05, 0.1) is 6.07 Å². The van der Waals surface area contributed by atoms with Crippen LogP contribution in [0.1, 0.15) is 0 Å². The Kier molecular flexibility index (Phi) is 2.44. The molecule has 3 nitrogen and oxygen atoms in total. The Morgan fingerprint density at radius 1 is 1.64 bits per heavy atom. The van der Waals surface area contributed by atoms with Crippen molar-refractivity contribution in [3.63, 3.8) is 0 Å². The molecule has 0 aliphatic carbocycles. The van der Waals surface area contributed by atoms with Crippen LogP contribution in [-0.2, 0) is 6.54 Å². The molecule has 1 rings (SSSR count). The molecule has 0 aliphatic rings. The van der Waals surface area contributed by atoms with Crippen molar-refractivity contribution < 1.29 is 0 Å². The monoisotopic (exact) mass is 212 g/mol. The number of aromatic nitrogens is 1. The highest BCUT2D eigenvalue weighted by molar-refractivity contribution is 9.10. The van der Waals surface area contributed by atoms with Gasteiger partial charge in [-0.25, -0.2) is 0 Å². The van der Waals surface area contributed by atoms with Crippen LogP contribution in [0.5, 0.6) is 0 Å². The first-order valence-corrected chi connectivity index (χ1v) is 3.76. The number of rotatable bonds is 1. The SMILES string of the molecule is N#CCn1cc(Br)ccc1=O. The minimum Gasteiger partial charge on any atom is -0.301 e. The molecule has 0 saturated heterocycles. The van der Waals surface area contributed by atoms with Crippen LogP contribution >= 0.6 is 15.9 Å². The van der Waals surface area contributed by atoms with Gasteiger partial charge in [-0.2, -0.15) is 5.26 Å². The minimum absolute atomic E-state index is 0.0955. The summed E-state index contributed by atoms with van der Waals surface area (Å²) in [6, 6.07) is 4.96. The fraction of sp³-hybridized carbons (Fsp3) is 0.143. The molecule has 0 N–H and O–H groups in total. The molecule has 1 aromatic rings. The van der Waals surface area contributed by atoms with Crippen LogP contribution in [0.3, 0.4) is 0 Å². The third-order valence-electron chi connectivity index (χ3n) is 1.19. The zero-order valence-corrected chi connectivity index (χ0v) is 7.21. The zero-order valence-electron chi connectivity index (χ0n) is 5.62. The highest BCUT2D eigenvalue weighted by atomic mass is 79.9. The molecule has 0 amide bonds. The number of hydrogen-bond donors (Lipinski definition) is 0. The van der Waals surface area contributed by atoms with Gasteiger partial charge in [0.15, 0.2) is 0 Å². The summed E-state index contributed by atoms with van der Waals surface area (Å²) in [6.07, 6.45) is 1.59. The van der Waals surface area contributed by atoms with Crippen LogP contribution < -0.4 is 5.56 Å². The highest BCUT2D eigenvalue weighted by Gasteiger charge is 1.93. The molecule has 0 saturated carbocycles. The van der Waals surface area contributed by atoms with Crippen molar-refractivity contribution in [3.8, 4) is 6.07 Å². The second-order valence-electron chi connectivity index (χ2n) is 1.97. The Hall–Kier alpha value is -1.08. The van der Waals surface area contributed by atoms with Gasteiger partial charge in [-0.3, -0.25) is 4.79 Å². The molecule has 1 aromatic heterocycles. The van der Waals surface area contributed by atoms with E-state index >= 15 is 0 Å². The molecule has 0 atom stereocenters. The molecule has 0 radical (unpaired) electrons. The van der Waals surface area contributed by atoms with Gasteiger partial charge >= 0.3 is 0 Å². The average molecular weight is 213 g/mol. The summed E-state index contributed by atoms with van der Waals surface area (Å²) in [5.41, 5.74) is -0.158. The number of nitrogens with zero attached hydrogens (tertiary/aromatic N) is 2. The van der Waals surface area contributed by atoms with Gasteiger partial charge in [-0.15, -0.1) is 0 Å². The average Bonchev–Trinajstić information content (AvgIpc) is 1.98. The van der Waals surface area contributed by atoms with Crippen molar-refractivity contribution >= 4 is 15.9 Å². The maximum Gasteiger partial charge on any atom is 0.251 e. The van der Waals surface area contributed by atoms with Crippen molar-refractivity contribution in [2.24, 2.45) is 0 Å². The van der Waals surface area contributed by atoms with E-state index in [0.717, 1.165) is 4.47 Å². The summed E-state index contributed by atoms with van der Waals surface area (Å²) in [5, 5.41) is 8.31. The maximum atomic E-state index is 11.0. The molecule has 0 aromatic carbocycles. The van der Waals surface area contributed by atoms with Crippen molar-refractivity contribution in [3.05, 3.63) is 33.2 Å². The van der Waals surface area contributed by atoms with Crippen LogP contribution in [0.4, 0.5) is 0 Å². The van der Waals surface area contributed by atoms with E-state index in [4.69, 9.17) is 5.26 Å². The Morgan fingerprint density at radius 2 is 2.36 bits per heavy atom. The number of nitriles is 1. The molecule has 0 bridgehead atoms. The lowest BCUT2D eigenvalue weighted by Gasteiger charge is -1.97. The second-order valence-corrected chi connectivity index (χ2v) is 2.89. The quantitative estimate of drug-likeness (QED) is 0.701. The van der Waals surface area contributed by atoms with Crippen molar-refractivity contribution in [2.45, 2.75) is 6.54 Å². The Labute approximate surface area is 72.0 Å². The Morgan fingerprint density at radius 3 is 3.00 bits per heavy atom. The molecule has 0 aliphatic heterocycles. The number of halogens is 1. The molecule has 1 heterocycles. The lowest BCUT2D eigenvalue weighted by Crippen LogP contribution is -2.17. The normalized spacial score (nSPS) is 9.09. The third kappa shape index (κ3) is 1.92. The van der Waals surface area contributed by atoms with E-state index in [-0.39, 0.29) is 12.1 Å².